The van der Waals surface area contributed by atoms with Gasteiger partial charge in [-0.15, -0.1) is 11.3 Å². The number of carbonyl (C=O) groups is 3. The summed E-state index contributed by atoms with van der Waals surface area (Å²) >= 11 is 1.31. The predicted octanol–water partition coefficient (Wildman–Crippen LogP) is 4.15. The van der Waals surface area contributed by atoms with Crippen LogP contribution in [0.3, 0.4) is 0 Å². The van der Waals surface area contributed by atoms with Crippen LogP contribution in [0, 0.1) is 19.7 Å². The highest BCUT2D eigenvalue weighted by atomic mass is 32.1. The summed E-state index contributed by atoms with van der Waals surface area (Å²) in [4.78, 5) is 44.2. The van der Waals surface area contributed by atoms with Crippen LogP contribution in [0.2, 0.25) is 0 Å². The molecule has 0 bridgehead atoms. The number of thiazole rings is 1. The topological polar surface area (TPSA) is 113 Å². The Bertz CT molecular complexity index is 1320. The van der Waals surface area contributed by atoms with Crippen molar-refractivity contribution < 1.29 is 23.9 Å². The molecule has 3 aromatic rings. The van der Waals surface area contributed by atoms with Gasteiger partial charge in [0.05, 0.1) is 23.1 Å². The van der Waals surface area contributed by atoms with Crippen LogP contribution in [-0.4, -0.2) is 43.9 Å². The Hall–Kier alpha value is -3.37. The number of benzene rings is 1. The lowest BCUT2D eigenvalue weighted by molar-refractivity contribution is -0.119. The molecule has 2 amide bonds. The highest BCUT2D eigenvalue weighted by molar-refractivity contribution is 7.13. The number of halogens is 1. The van der Waals surface area contributed by atoms with Crippen LogP contribution in [0.1, 0.15) is 64.6 Å². The lowest BCUT2D eigenvalue weighted by atomic mass is 9.82. The number of carbonyl (C=O) groups excluding carboxylic acids is 3. The van der Waals surface area contributed by atoms with Crippen molar-refractivity contribution in [1.82, 2.24) is 14.9 Å². The second kappa shape index (κ2) is 9.94. The van der Waals surface area contributed by atoms with Crippen molar-refractivity contribution in [2.75, 3.05) is 5.32 Å². The molecule has 10 heteroatoms. The first-order valence-electron chi connectivity index (χ1n) is 11.7. The van der Waals surface area contributed by atoms with E-state index in [9.17, 15) is 23.9 Å². The number of aromatic nitrogens is 2. The van der Waals surface area contributed by atoms with Gasteiger partial charge in [-0.1, -0.05) is 0 Å². The molecule has 0 unspecified atom stereocenters. The second-order valence-corrected chi connectivity index (χ2v) is 10.5. The minimum Gasteiger partial charge on any atom is -0.393 e. The largest absolute Gasteiger partial charge is 0.393 e. The molecule has 1 saturated carbocycles. The van der Waals surface area contributed by atoms with Crippen molar-refractivity contribution in [2.45, 2.75) is 58.1 Å². The predicted molar refractivity (Wildman–Crippen MR) is 136 cm³/mol. The van der Waals surface area contributed by atoms with E-state index in [1.54, 1.807) is 32.5 Å². The quantitative estimate of drug-likeness (QED) is 0.339. The van der Waals surface area contributed by atoms with Crippen LogP contribution in [0.4, 0.5) is 10.1 Å². The van der Waals surface area contributed by atoms with Gasteiger partial charge in [0.1, 0.15) is 10.8 Å². The highest BCUT2D eigenvalue weighted by Crippen LogP contribution is 2.34. The van der Waals surface area contributed by atoms with Crippen molar-refractivity contribution >= 4 is 34.6 Å². The van der Waals surface area contributed by atoms with Crippen LogP contribution in [0.25, 0.3) is 10.7 Å². The fraction of sp³-hybridized carbons (Fsp3) is 0.385. The van der Waals surface area contributed by atoms with Gasteiger partial charge in [-0.25, -0.2) is 9.37 Å². The Kier molecular flexibility index (Phi) is 7.10. The Balaban J connectivity index is 1.69. The van der Waals surface area contributed by atoms with Gasteiger partial charge in [0.2, 0.25) is 0 Å². The molecule has 2 heterocycles. The molecule has 0 atom stereocenters. The molecule has 2 aromatic heterocycles. The SMILES string of the molecule is Cc1cc(NC(=O)c2c(C)c(C(=O)C(=O)N[C@]3(C)CC[C@H](O)CC3)n(C)c2-c2nccs2)ccc1F. The number of hydrogen-bond acceptors (Lipinski definition) is 6. The first-order valence-corrected chi connectivity index (χ1v) is 12.6. The van der Waals surface area contributed by atoms with E-state index in [0.717, 1.165) is 0 Å². The summed E-state index contributed by atoms with van der Waals surface area (Å²) in [6, 6.07) is 4.26. The molecule has 1 aliphatic rings. The summed E-state index contributed by atoms with van der Waals surface area (Å²) in [6.45, 7) is 5.09. The molecule has 0 aliphatic heterocycles. The van der Waals surface area contributed by atoms with Gasteiger partial charge in [0.25, 0.3) is 17.6 Å². The zero-order chi connectivity index (χ0) is 26.2. The number of aliphatic hydroxyl groups is 1. The average Bonchev–Trinajstić information content (AvgIpc) is 3.44. The van der Waals surface area contributed by atoms with E-state index in [4.69, 9.17) is 0 Å². The molecule has 8 nitrogen and oxygen atoms in total. The van der Waals surface area contributed by atoms with E-state index < -0.39 is 29.2 Å². The normalized spacial score (nSPS) is 19.7. The molecular formula is C26H29FN4O4S. The number of nitrogens with one attached hydrogen (secondary N) is 2. The van der Waals surface area contributed by atoms with Gasteiger partial charge in [0.15, 0.2) is 0 Å². The van der Waals surface area contributed by atoms with Crippen LogP contribution >= 0.6 is 11.3 Å². The van der Waals surface area contributed by atoms with Gasteiger partial charge in [-0.05, 0) is 75.8 Å². The molecule has 0 saturated heterocycles. The Labute approximate surface area is 212 Å². The van der Waals surface area contributed by atoms with E-state index in [1.165, 1.54) is 34.1 Å². The van der Waals surface area contributed by atoms with E-state index in [0.29, 0.717) is 53.2 Å². The van der Waals surface area contributed by atoms with E-state index in [-0.39, 0.29) is 17.1 Å². The molecule has 190 valence electrons. The lowest BCUT2D eigenvalue weighted by Gasteiger charge is -2.36. The highest BCUT2D eigenvalue weighted by Gasteiger charge is 2.36. The smallest absolute Gasteiger partial charge is 0.294 e. The third-order valence-corrected chi connectivity index (χ3v) is 7.59. The number of anilines is 1. The van der Waals surface area contributed by atoms with Gasteiger partial charge in [-0.2, -0.15) is 0 Å². The molecule has 1 aliphatic carbocycles. The van der Waals surface area contributed by atoms with Crippen LogP contribution in [0.5, 0.6) is 0 Å². The standard InChI is InChI=1S/C26H29FN4O4S/c1-14-13-16(5-6-18(14)27)29-23(34)19-15(2)20(31(4)21(19)25-28-11-12-36-25)22(33)24(35)30-26(3)9-7-17(32)8-10-26/h5-6,11-13,17,32H,7-10H2,1-4H3,(H,29,34)(H,30,35)/t17-,26+. The summed E-state index contributed by atoms with van der Waals surface area (Å²) in [5, 5.41) is 17.7. The van der Waals surface area contributed by atoms with Gasteiger partial charge >= 0.3 is 0 Å². The summed E-state index contributed by atoms with van der Waals surface area (Å²) < 4.78 is 15.2. The summed E-state index contributed by atoms with van der Waals surface area (Å²) in [7, 11) is 1.63. The number of nitrogens with zero attached hydrogens (tertiary/aromatic N) is 2. The zero-order valence-electron chi connectivity index (χ0n) is 20.6. The number of rotatable bonds is 6. The van der Waals surface area contributed by atoms with E-state index >= 15 is 0 Å². The van der Waals surface area contributed by atoms with Crippen molar-refractivity contribution in [3.63, 3.8) is 0 Å². The molecule has 0 spiro atoms. The number of Topliss-reactive ketones (excluding diaryl/α,β-unsaturated/α-hetero) is 1. The molecule has 1 aromatic carbocycles. The minimum atomic E-state index is -0.760. The molecule has 36 heavy (non-hydrogen) atoms. The van der Waals surface area contributed by atoms with Crippen molar-refractivity contribution in [2.24, 2.45) is 7.05 Å². The average molecular weight is 513 g/mol. The van der Waals surface area contributed by atoms with Gasteiger partial charge in [-0.3, -0.25) is 14.4 Å². The zero-order valence-corrected chi connectivity index (χ0v) is 21.5. The van der Waals surface area contributed by atoms with E-state index in [2.05, 4.69) is 15.6 Å². The van der Waals surface area contributed by atoms with Crippen molar-refractivity contribution in [3.8, 4) is 10.7 Å². The third-order valence-electron chi connectivity index (χ3n) is 6.81. The van der Waals surface area contributed by atoms with Gasteiger partial charge < -0.3 is 20.3 Å². The fourth-order valence-electron chi connectivity index (χ4n) is 4.74. The maximum atomic E-state index is 13.7. The maximum Gasteiger partial charge on any atom is 0.294 e. The Morgan fingerprint density at radius 1 is 1.22 bits per heavy atom. The van der Waals surface area contributed by atoms with Gasteiger partial charge in [0, 0.05) is 29.9 Å². The van der Waals surface area contributed by atoms with E-state index in [1.807, 2.05) is 6.92 Å². The molecular weight excluding hydrogens is 483 g/mol. The first kappa shape index (κ1) is 25.7. The van der Waals surface area contributed by atoms with Crippen LogP contribution in [0.15, 0.2) is 29.8 Å². The van der Waals surface area contributed by atoms with Crippen molar-refractivity contribution in [3.05, 3.63) is 58.0 Å². The van der Waals surface area contributed by atoms with Crippen LogP contribution < -0.4 is 10.6 Å². The molecule has 3 N–H and O–H groups in total. The molecule has 1 fully saturated rings. The monoisotopic (exact) mass is 512 g/mol. The number of amides is 2. The molecule has 4 rings (SSSR count). The second-order valence-electron chi connectivity index (χ2n) is 9.59. The molecule has 0 radical (unpaired) electrons. The lowest BCUT2D eigenvalue weighted by Crippen LogP contribution is -2.51. The number of aryl methyl sites for hydroxylation is 1. The number of aliphatic hydroxyl groups excluding tert-OH is 1. The number of ketones is 1. The summed E-state index contributed by atoms with van der Waals surface area (Å²) in [5.74, 6) is -2.39. The minimum absolute atomic E-state index is 0.0950. The Morgan fingerprint density at radius 2 is 1.92 bits per heavy atom. The first-order chi connectivity index (χ1) is 17.0. The maximum absolute atomic E-state index is 13.7. The Morgan fingerprint density at radius 3 is 2.53 bits per heavy atom. The third kappa shape index (κ3) is 4.96. The van der Waals surface area contributed by atoms with Crippen LogP contribution in [-0.2, 0) is 11.8 Å². The van der Waals surface area contributed by atoms with Crippen molar-refractivity contribution in [1.29, 1.82) is 0 Å². The number of hydrogen-bond donors (Lipinski definition) is 3. The fourth-order valence-corrected chi connectivity index (χ4v) is 5.46. The summed E-state index contributed by atoms with van der Waals surface area (Å²) in [6.07, 6.45) is 3.43. The summed E-state index contributed by atoms with van der Waals surface area (Å²) in [5.41, 5.74) is 1.28.